The Labute approximate surface area is 153 Å². The van der Waals surface area contributed by atoms with Crippen LogP contribution in [0.5, 0.6) is 0 Å². The van der Waals surface area contributed by atoms with Gasteiger partial charge < -0.3 is 25.4 Å². The third-order valence-electron chi connectivity index (χ3n) is 4.85. The van der Waals surface area contributed by atoms with E-state index in [4.69, 9.17) is 15.2 Å². The quantitative estimate of drug-likeness (QED) is 0.734. The summed E-state index contributed by atoms with van der Waals surface area (Å²) in [6.07, 6.45) is 4.01. The molecule has 142 valence electrons. The molecule has 2 aliphatic rings. The second-order valence-corrected chi connectivity index (χ2v) is 6.73. The highest BCUT2D eigenvalue weighted by Gasteiger charge is 2.31. The molecule has 0 unspecified atom stereocenters. The Morgan fingerprint density at radius 3 is 2.81 bits per heavy atom. The molecule has 2 atom stereocenters. The molecule has 8 nitrogen and oxygen atoms in total. The summed E-state index contributed by atoms with van der Waals surface area (Å²) in [4.78, 5) is 29.4. The zero-order valence-electron chi connectivity index (χ0n) is 14.8. The van der Waals surface area contributed by atoms with Crippen molar-refractivity contribution in [1.82, 2.24) is 15.2 Å². The van der Waals surface area contributed by atoms with E-state index in [1.165, 1.54) is 0 Å². The lowest BCUT2D eigenvalue weighted by Crippen LogP contribution is -2.55. The molecule has 1 aromatic rings. The molecule has 0 aliphatic carbocycles. The number of nitrogens with zero attached hydrogens (tertiary/aromatic N) is 2. The molecule has 8 heteroatoms. The molecule has 3 N–H and O–H groups in total. The van der Waals surface area contributed by atoms with Crippen LogP contribution >= 0.6 is 0 Å². The minimum Gasteiger partial charge on any atom is -0.380 e. The Hall–Kier alpha value is -2.03. The van der Waals surface area contributed by atoms with Crippen LogP contribution in [0.15, 0.2) is 24.4 Å². The number of hydrogen-bond donors (Lipinski definition) is 2. The molecule has 0 saturated carbocycles. The Balaban J connectivity index is 1.48. The van der Waals surface area contributed by atoms with Gasteiger partial charge in [-0.2, -0.15) is 0 Å². The van der Waals surface area contributed by atoms with Crippen LogP contribution < -0.4 is 11.1 Å². The molecule has 0 radical (unpaired) electrons. The van der Waals surface area contributed by atoms with Gasteiger partial charge in [-0.3, -0.25) is 14.6 Å². The molecule has 26 heavy (non-hydrogen) atoms. The molecule has 2 amide bonds. The largest absolute Gasteiger partial charge is 0.380 e. The normalized spacial score (nSPS) is 24.4. The van der Waals surface area contributed by atoms with Crippen LogP contribution in [0, 0.1) is 0 Å². The van der Waals surface area contributed by atoms with Gasteiger partial charge in [0.05, 0.1) is 18.8 Å². The number of nitrogens with two attached hydrogens (primary N) is 1. The summed E-state index contributed by atoms with van der Waals surface area (Å²) in [6.45, 7) is 2.48. The van der Waals surface area contributed by atoms with Crippen LogP contribution in [0.1, 0.15) is 29.8 Å². The predicted octanol–water partition coefficient (Wildman–Crippen LogP) is -0.0648. The van der Waals surface area contributed by atoms with Crippen LogP contribution in [0.3, 0.4) is 0 Å². The molecule has 2 saturated heterocycles. The number of ether oxygens (including phenoxy) is 2. The Morgan fingerprint density at radius 2 is 2.12 bits per heavy atom. The average molecular weight is 362 g/mol. The topological polar surface area (TPSA) is 107 Å². The highest BCUT2D eigenvalue weighted by Crippen LogP contribution is 2.17. The number of primary amides is 1. The molecule has 0 aromatic carbocycles. The molecule has 2 fully saturated rings. The van der Waals surface area contributed by atoms with Gasteiger partial charge >= 0.3 is 0 Å². The van der Waals surface area contributed by atoms with E-state index in [0.717, 1.165) is 19.3 Å². The van der Waals surface area contributed by atoms with E-state index in [2.05, 4.69) is 10.3 Å². The molecule has 3 heterocycles. The molecule has 0 bridgehead atoms. The van der Waals surface area contributed by atoms with Crippen molar-refractivity contribution in [2.45, 2.75) is 37.5 Å². The van der Waals surface area contributed by atoms with Crippen LogP contribution in [0.25, 0.3) is 0 Å². The summed E-state index contributed by atoms with van der Waals surface area (Å²) < 4.78 is 11.2. The lowest BCUT2D eigenvalue weighted by molar-refractivity contribution is -0.128. The monoisotopic (exact) mass is 362 g/mol. The first-order valence-electron chi connectivity index (χ1n) is 9.07. The van der Waals surface area contributed by atoms with Crippen LogP contribution in [-0.4, -0.2) is 72.8 Å². The van der Waals surface area contributed by atoms with Crippen molar-refractivity contribution in [2.75, 3.05) is 32.9 Å². The van der Waals surface area contributed by atoms with E-state index in [1.54, 1.807) is 18.3 Å². The van der Waals surface area contributed by atoms with Crippen LogP contribution in [-0.2, 0) is 14.3 Å². The zero-order chi connectivity index (χ0) is 18.4. The Kier molecular flexibility index (Phi) is 6.54. The smallest absolute Gasteiger partial charge is 0.272 e. The predicted molar refractivity (Wildman–Crippen MR) is 94.5 cm³/mol. The van der Waals surface area contributed by atoms with E-state index >= 15 is 0 Å². The summed E-state index contributed by atoms with van der Waals surface area (Å²) in [6, 6.07) is 5.69. The van der Waals surface area contributed by atoms with Crippen molar-refractivity contribution in [3.05, 3.63) is 30.1 Å². The molecule has 3 rings (SSSR count). The van der Waals surface area contributed by atoms with Gasteiger partial charge in [-0.25, -0.2) is 0 Å². The maximum absolute atomic E-state index is 12.5. The summed E-state index contributed by atoms with van der Waals surface area (Å²) in [7, 11) is 0. The summed E-state index contributed by atoms with van der Waals surface area (Å²) in [5.41, 5.74) is 5.66. The van der Waals surface area contributed by atoms with Gasteiger partial charge in [0.2, 0.25) is 5.91 Å². The second-order valence-electron chi connectivity index (χ2n) is 6.73. The van der Waals surface area contributed by atoms with Gasteiger partial charge in [-0.1, -0.05) is 6.07 Å². The Bertz CT molecular complexity index is 604. The second kappa shape index (κ2) is 9.07. The highest BCUT2D eigenvalue weighted by molar-refractivity contribution is 5.92. The number of pyridine rings is 1. The summed E-state index contributed by atoms with van der Waals surface area (Å²) >= 11 is 0. The maximum atomic E-state index is 12.5. The number of carbonyl (C=O) groups is 2. The first kappa shape index (κ1) is 18.8. The van der Waals surface area contributed by atoms with Gasteiger partial charge in [0.1, 0.15) is 12.3 Å². The number of nitrogens with one attached hydrogen (secondary N) is 1. The standard InChI is InChI=1S/C18H26N4O4/c19-17(23)12-26-16-6-10-25-11-15(16)21-13-4-8-22(9-5-13)18(24)14-3-1-2-7-20-14/h1-3,7,13,15-16,21H,4-6,8-12H2,(H2,19,23)/t15-,16+/m1/s1. The van der Waals surface area contributed by atoms with E-state index in [0.29, 0.717) is 32.0 Å². The van der Waals surface area contributed by atoms with Gasteiger partial charge in [-0.05, 0) is 31.4 Å². The van der Waals surface area contributed by atoms with Gasteiger partial charge in [0.25, 0.3) is 5.91 Å². The highest BCUT2D eigenvalue weighted by atomic mass is 16.5. The van der Waals surface area contributed by atoms with E-state index < -0.39 is 5.91 Å². The number of amides is 2. The van der Waals surface area contributed by atoms with E-state index in [9.17, 15) is 9.59 Å². The average Bonchev–Trinajstić information content (AvgIpc) is 2.68. The molecule has 2 aliphatic heterocycles. The van der Waals surface area contributed by atoms with Gasteiger partial charge in [0, 0.05) is 31.9 Å². The van der Waals surface area contributed by atoms with Crippen molar-refractivity contribution in [3.63, 3.8) is 0 Å². The SMILES string of the molecule is NC(=O)CO[C@H]1CCOC[C@H]1NC1CCN(C(=O)c2ccccn2)CC1. The van der Waals surface area contributed by atoms with Crippen molar-refractivity contribution in [2.24, 2.45) is 5.73 Å². The first-order valence-corrected chi connectivity index (χ1v) is 9.07. The number of carbonyl (C=O) groups excluding carboxylic acids is 2. The number of likely N-dealkylation sites (tertiary alicyclic amines) is 1. The molecular weight excluding hydrogens is 336 g/mol. The molecule has 1 aromatic heterocycles. The fourth-order valence-electron chi connectivity index (χ4n) is 3.47. The van der Waals surface area contributed by atoms with Crippen molar-refractivity contribution >= 4 is 11.8 Å². The number of rotatable bonds is 6. The fraction of sp³-hybridized carbons (Fsp3) is 0.611. The van der Waals surface area contributed by atoms with Gasteiger partial charge in [0.15, 0.2) is 0 Å². The number of piperidine rings is 1. The zero-order valence-corrected chi connectivity index (χ0v) is 14.8. The van der Waals surface area contributed by atoms with Crippen LogP contribution in [0.4, 0.5) is 0 Å². The third-order valence-corrected chi connectivity index (χ3v) is 4.85. The summed E-state index contributed by atoms with van der Waals surface area (Å²) in [5.74, 6) is -0.482. The van der Waals surface area contributed by atoms with Crippen molar-refractivity contribution < 1.29 is 19.1 Å². The van der Waals surface area contributed by atoms with Crippen molar-refractivity contribution in [3.8, 4) is 0 Å². The van der Waals surface area contributed by atoms with Crippen molar-refractivity contribution in [1.29, 1.82) is 0 Å². The van der Waals surface area contributed by atoms with Crippen LogP contribution in [0.2, 0.25) is 0 Å². The first-order chi connectivity index (χ1) is 12.6. The lowest BCUT2D eigenvalue weighted by atomic mass is 10.00. The number of aromatic nitrogens is 1. The fourth-order valence-corrected chi connectivity index (χ4v) is 3.47. The lowest BCUT2D eigenvalue weighted by Gasteiger charge is -2.38. The van der Waals surface area contributed by atoms with E-state index in [-0.39, 0.29) is 30.7 Å². The van der Waals surface area contributed by atoms with E-state index in [1.807, 2.05) is 11.0 Å². The maximum Gasteiger partial charge on any atom is 0.272 e. The minimum atomic E-state index is -0.461. The Morgan fingerprint density at radius 1 is 1.31 bits per heavy atom. The molecular formula is C18H26N4O4. The summed E-state index contributed by atoms with van der Waals surface area (Å²) in [5, 5.41) is 3.58. The third kappa shape index (κ3) is 5.00. The minimum absolute atomic E-state index is 0.0206. The van der Waals surface area contributed by atoms with Gasteiger partial charge in [-0.15, -0.1) is 0 Å². The molecule has 0 spiro atoms. The number of hydrogen-bond acceptors (Lipinski definition) is 6.